The van der Waals surface area contributed by atoms with E-state index in [4.69, 9.17) is 9.47 Å². The zero-order chi connectivity index (χ0) is 18.3. The third-order valence-corrected chi connectivity index (χ3v) is 6.18. The number of esters is 1. The highest BCUT2D eigenvalue weighted by molar-refractivity contribution is 5.90. The van der Waals surface area contributed by atoms with Crippen molar-refractivity contribution in [3.8, 4) is 11.8 Å². The molecule has 2 bridgehead atoms. The van der Waals surface area contributed by atoms with E-state index in [2.05, 4.69) is 22.8 Å². The molecule has 0 saturated carbocycles. The quantitative estimate of drug-likeness (QED) is 0.471. The minimum Gasteiger partial charge on any atom is -0.449 e. The van der Waals surface area contributed by atoms with Gasteiger partial charge in [-0.05, 0) is 24.9 Å². The molecule has 138 valence electrons. The van der Waals surface area contributed by atoms with Crippen LogP contribution in [0.4, 0.5) is 0 Å². The molecule has 27 heavy (non-hydrogen) atoms. The molecule has 4 nitrogen and oxygen atoms in total. The van der Waals surface area contributed by atoms with Crippen LogP contribution >= 0.6 is 0 Å². The Morgan fingerprint density at radius 1 is 1.26 bits per heavy atom. The van der Waals surface area contributed by atoms with Gasteiger partial charge in [-0.15, -0.1) is 0 Å². The van der Waals surface area contributed by atoms with Gasteiger partial charge in [0.2, 0.25) is 0 Å². The molecule has 0 amide bonds. The van der Waals surface area contributed by atoms with Crippen LogP contribution < -0.4 is 0 Å². The lowest BCUT2D eigenvalue weighted by Gasteiger charge is -2.38. The average molecular weight is 361 g/mol. The molecule has 4 aliphatic rings. The third-order valence-electron chi connectivity index (χ3n) is 6.18. The first-order chi connectivity index (χ1) is 13.3. The van der Waals surface area contributed by atoms with Gasteiger partial charge in [-0.25, -0.2) is 4.79 Å². The topological polar surface area (TPSA) is 38.8 Å². The standard InChI is InChI=1S/C23H23NO3/c25-22-14-20-18(9-6-12-26-16-17-7-2-1-3-8-17)13-19-15-23(20,27-22)21-10-4-5-11-24(19)21/h1-3,7-8,13-14,19,21H,4-5,10-12,15-16H2. The van der Waals surface area contributed by atoms with Crippen LogP contribution in [-0.2, 0) is 20.9 Å². The smallest absolute Gasteiger partial charge is 0.332 e. The Labute approximate surface area is 159 Å². The molecule has 1 spiro atoms. The monoisotopic (exact) mass is 361 g/mol. The second kappa shape index (κ2) is 6.67. The van der Waals surface area contributed by atoms with Crippen molar-refractivity contribution in [1.29, 1.82) is 0 Å². The van der Waals surface area contributed by atoms with Crippen LogP contribution in [0.25, 0.3) is 0 Å². The normalized spacial score (nSPS) is 31.2. The summed E-state index contributed by atoms with van der Waals surface area (Å²) < 4.78 is 11.6. The average Bonchev–Trinajstić information content (AvgIpc) is 3.17. The lowest BCUT2D eigenvalue weighted by atomic mass is 9.77. The lowest BCUT2D eigenvalue weighted by molar-refractivity contribution is -0.148. The summed E-state index contributed by atoms with van der Waals surface area (Å²) in [7, 11) is 0. The zero-order valence-electron chi connectivity index (χ0n) is 15.3. The number of fused-ring (bicyclic) bond motifs is 3. The largest absolute Gasteiger partial charge is 0.449 e. The maximum absolute atomic E-state index is 12.1. The fourth-order valence-electron chi connectivity index (χ4n) is 5.10. The summed E-state index contributed by atoms with van der Waals surface area (Å²) >= 11 is 0. The van der Waals surface area contributed by atoms with Gasteiger partial charge in [-0.3, -0.25) is 4.90 Å². The van der Waals surface area contributed by atoms with E-state index in [-0.39, 0.29) is 5.97 Å². The number of carbonyl (C=O) groups is 1. The molecule has 2 fully saturated rings. The fraction of sp³-hybridized carbons (Fsp3) is 0.435. The van der Waals surface area contributed by atoms with E-state index in [0.717, 1.165) is 36.1 Å². The summed E-state index contributed by atoms with van der Waals surface area (Å²) in [5.74, 6) is 6.18. The molecule has 3 atom stereocenters. The van der Waals surface area contributed by atoms with Crippen LogP contribution in [0.1, 0.15) is 31.2 Å². The van der Waals surface area contributed by atoms with E-state index in [1.165, 1.54) is 12.8 Å². The molecule has 1 aliphatic carbocycles. The molecular weight excluding hydrogens is 338 g/mol. The van der Waals surface area contributed by atoms with E-state index in [1.54, 1.807) is 6.08 Å². The highest BCUT2D eigenvalue weighted by Crippen LogP contribution is 2.53. The summed E-state index contributed by atoms with van der Waals surface area (Å²) in [6, 6.07) is 10.7. The van der Waals surface area contributed by atoms with Gasteiger partial charge >= 0.3 is 5.97 Å². The van der Waals surface area contributed by atoms with Gasteiger partial charge in [0.25, 0.3) is 0 Å². The number of carbonyl (C=O) groups excluding carboxylic acids is 1. The number of hydrogen-bond donors (Lipinski definition) is 0. The highest BCUT2D eigenvalue weighted by Gasteiger charge is 2.61. The van der Waals surface area contributed by atoms with Gasteiger partial charge in [-0.1, -0.05) is 54.7 Å². The number of nitrogens with zero attached hydrogens (tertiary/aromatic N) is 1. The van der Waals surface area contributed by atoms with Gasteiger partial charge < -0.3 is 9.47 Å². The second-order valence-electron chi connectivity index (χ2n) is 7.75. The first kappa shape index (κ1) is 16.8. The van der Waals surface area contributed by atoms with Crippen molar-refractivity contribution in [2.75, 3.05) is 13.2 Å². The second-order valence-corrected chi connectivity index (χ2v) is 7.75. The van der Waals surface area contributed by atoms with Crippen molar-refractivity contribution in [2.45, 2.75) is 50.0 Å². The molecule has 0 radical (unpaired) electrons. The van der Waals surface area contributed by atoms with E-state index in [0.29, 0.717) is 25.3 Å². The van der Waals surface area contributed by atoms with E-state index in [1.807, 2.05) is 30.3 Å². The SMILES string of the molecule is O=C1C=C2C(C#CCOCc3ccccc3)=CC3CC2(O1)C1CCCCN31. The Hall–Kier alpha value is -2.35. The van der Waals surface area contributed by atoms with Crippen molar-refractivity contribution >= 4 is 5.97 Å². The lowest BCUT2D eigenvalue weighted by Crippen LogP contribution is -2.48. The molecule has 0 aromatic heterocycles. The van der Waals surface area contributed by atoms with Gasteiger partial charge in [0.05, 0.1) is 12.6 Å². The predicted molar refractivity (Wildman–Crippen MR) is 102 cm³/mol. The molecule has 5 rings (SSSR count). The van der Waals surface area contributed by atoms with E-state index >= 15 is 0 Å². The van der Waals surface area contributed by atoms with Crippen LogP contribution in [0, 0.1) is 11.8 Å². The number of benzene rings is 1. The number of piperidine rings is 1. The molecule has 4 heteroatoms. The summed E-state index contributed by atoms with van der Waals surface area (Å²) in [6.07, 6.45) is 8.30. The third kappa shape index (κ3) is 2.82. The van der Waals surface area contributed by atoms with Crippen LogP contribution in [0.3, 0.4) is 0 Å². The van der Waals surface area contributed by atoms with E-state index < -0.39 is 5.60 Å². The van der Waals surface area contributed by atoms with Gasteiger partial charge in [0, 0.05) is 29.7 Å². The van der Waals surface area contributed by atoms with Crippen LogP contribution in [0.15, 0.2) is 53.6 Å². The molecule has 1 aromatic rings. The summed E-state index contributed by atoms with van der Waals surface area (Å²) in [5, 5.41) is 0. The van der Waals surface area contributed by atoms with Crippen LogP contribution in [0.2, 0.25) is 0 Å². The van der Waals surface area contributed by atoms with Crippen molar-refractivity contribution in [3.63, 3.8) is 0 Å². The molecular formula is C23H23NO3. The summed E-state index contributed by atoms with van der Waals surface area (Å²) in [6.45, 7) is 2.01. The Bertz CT molecular complexity index is 876. The highest BCUT2D eigenvalue weighted by atomic mass is 16.6. The predicted octanol–water partition coefficient (Wildman–Crippen LogP) is 3.00. The number of rotatable bonds is 3. The summed E-state index contributed by atoms with van der Waals surface area (Å²) in [5.41, 5.74) is 2.62. The van der Waals surface area contributed by atoms with Gasteiger partial charge in [0.1, 0.15) is 6.61 Å². The van der Waals surface area contributed by atoms with Gasteiger partial charge in [-0.2, -0.15) is 0 Å². The molecule has 1 aromatic carbocycles. The number of hydrogen-bond acceptors (Lipinski definition) is 4. The minimum absolute atomic E-state index is 0.217. The zero-order valence-corrected chi connectivity index (χ0v) is 15.3. The van der Waals surface area contributed by atoms with Crippen molar-refractivity contribution in [1.82, 2.24) is 4.90 Å². The minimum atomic E-state index is -0.466. The first-order valence-electron chi connectivity index (χ1n) is 9.80. The van der Waals surface area contributed by atoms with Crippen LogP contribution in [0.5, 0.6) is 0 Å². The number of ether oxygens (including phenoxy) is 2. The van der Waals surface area contributed by atoms with Crippen molar-refractivity contribution < 1.29 is 14.3 Å². The summed E-state index contributed by atoms with van der Waals surface area (Å²) in [4.78, 5) is 14.7. The molecule has 3 unspecified atom stereocenters. The first-order valence-corrected chi connectivity index (χ1v) is 9.80. The molecule has 2 saturated heterocycles. The van der Waals surface area contributed by atoms with Gasteiger partial charge in [0.15, 0.2) is 5.60 Å². The van der Waals surface area contributed by atoms with E-state index in [9.17, 15) is 4.79 Å². The fourth-order valence-corrected chi connectivity index (χ4v) is 5.10. The maximum Gasteiger partial charge on any atom is 0.332 e. The molecule has 3 aliphatic heterocycles. The van der Waals surface area contributed by atoms with Crippen molar-refractivity contribution in [3.05, 3.63) is 59.2 Å². The molecule has 3 heterocycles. The Morgan fingerprint density at radius 2 is 2.15 bits per heavy atom. The van der Waals surface area contributed by atoms with Crippen LogP contribution in [-0.4, -0.2) is 41.7 Å². The van der Waals surface area contributed by atoms with Crippen molar-refractivity contribution in [2.24, 2.45) is 0 Å². The Morgan fingerprint density at radius 3 is 3.04 bits per heavy atom. The molecule has 0 N–H and O–H groups in total. The Kier molecular flexibility index (Phi) is 4.15. The Balaban J connectivity index is 1.33. The maximum atomic E-state index is 12.1.